The van der Waals surface area contributed by atoms with E-state index in [1.807, 2.05) is 6.92 Å². The Kier molecular flexibility index (Phi) is 4.30. The van der Waals surface area contributed by atoms with Gasteiger partial charge in [0.15, 0.2) is 11.0 Å². The molecule has 6 nitrogen and oxygen atoms in total. The van der Waals surface area contributed by atoms with Gasteiger partial charge >= 0.3 is 5.97 Å². The molecule has 1 atom stereocenters. The molecule has 5 rings (SSSR count). The lowest BCUT2D eigenvalue weighted by atomic mass is 9.53. The molecule has 0 unspecified atom stereocenters. The van der Waals surface area contributed by atoms with E-state index in [2.05, 4.69) is 14.9 Å². The van der Waals surface area contributed by atoms with E-state index >= 15 is 0 Å². The highest BCUT2D eigenvalue weighted by molar-refractivity contribution is 7.07. The van der Waals surface area contributed by atoms with Crippen LogP contribution in [-0.2, 0) is 16.0 Å². The second kappa shape index (κ2) is 6.34. The number of aryl methyl sites for hydroxylation is 1. The van der Waals surface area contributed by atoms with E-state index in [4.69, 9.17) is 4.74 Å². The van der Waals surface area contributed by atoms with Crippen LogP contribution in [0, 0.1) is 17.8 Å². The third kappa shape index (κ3) is 3.18. The Hall–Kier alpha value is -1.50. The number of aromatic nitrogens is 2. The SMILES string of the molecule is CCc1nnsc1C(=O)O[C@@H](C)C(=O)NC12CC3CC(CC(C3)C1)C2. The largest absolute Gasteiger partial charge is 0.448 e. The molecule has 1 aromatic heterocycles. The molecule has 0 aromatic carbocycles. The van der Waals surface area contributed by atoms with E-state index in [1.165, 1.54) is 19.3 Å². The minimum atomic E-state index is -0.799. The van der Waals surface area contributed by atoms with Crippen molar-refractivity contribution in [2.24, 2.45) is 17.8 Å². The molecule has 0 aliphatic heterocycles. The molecule has 4 aliphatic carbocycles. The van der Waals surface area contributed by atoms with Crippen LogP contribution >= 0.6 is 11.5 Å². The number of nitrogens with one attached hydrogen (secondary N) is 1. The molecule has 136 valence electrons. The highest BCUT2D eigenvalue weighted by Crippen LogP contribution is 2.55. The fourth-order valence-electron chi connectivity index (χ4n) is 5.49. The predicted octanol–water partition coefficient (Wildman–Crippen LogP) is 2.73. The maximum atomic E-state index is 12.7. The summed E-state index contributed by atoms with van der Waals surface area (Å²) in [4.78, 5) is 25.4. The van der Waals surface area contributed by atoms with Crippen molar-refractivity contribution in [2.75, 3.05) is 0 Å². The molecule has 0 spiro atoms. The second-order valence-electron chi connectivity index (χ2n) is 8.14. The number of carbonyl (C=O) groups is 2. The molecular weight excluding hydrogens is 338 g/mol. The lowest BCUT2D eigenvalue weighted by molar-refractivity contribution is -0.134. The Morgan fingerprint density at radius 3 is 2.40 bits per heavy atom. The third-order valence-electron chi connectivity index (χ3n) is 6.16. The van der Waals surface area contributed by atoms with E-state index in [9.17, 15) is 9.59 Å². The number of hydrogen-bond donors (Lipinski definition) is 1. The standard InChI is InChI=1S/C18H25N3O3S/c1-3-14-15(25-21-20-14)17(23)24-10(2)16(22)19-18-7-11-4-12(8-18)6-13(5-11)9-18/h10-13H,3-9H2,1-2H3,(H,19,22)/t10-,11?,12?,13?,18?/m0/s1. The van der Waals surface area contributed by atoms with Gasteiger partial charge in [0.25, 0.3) is 5.91 Å². The van der Waals surface area contributed by atoms with Gasteiger partial charge in [0.1, 0.15) is 0 Å². The first-order valence-corrected chi connectivity index (χ1v) is 10.1. The zero-order valence-electron chi connectivity index (χ0n) is 14.8. The van der Waals surface area contributed by atoms with Crippen molar-refractivity contribution in [1.82, 2.24) is 14.9 Å². The van der Waals surface area contributed by atoms with Gasteiger partial charge in [0.05, 0.1) is 5.69 Å². The summed E-state index contributed by atoms with van der Waals surface area (Å²) in [5.41, 5.74) is 0.566. The monoisotopic (exact) mass is 363 g/mol. The first-order valence-electron chi connectivity index (χ1n) is 9.32. The van der Waals surface area contributed by atoms with E-state index < -0.39 is 12.1 Å². The van der Waals surface area contributed by atoms with Crippen LogP contribution in [0.25, 0.3) is 0 Å². The predicted molar refractivity (Wildman–Crippen MR) is 93.2 cm³/mol. The molecule has 0 radical (unpaired) electrons. The number of hydrogen-bond acceptors (Lipinski definition) is 6. The van der Waals surface area contributed by atoms with Gasteiger partial charge in [-0.25, -0.2) is 4.79 Å². The zero-order chi connectivity index (χ0) is 17.6. The van der Waals surface area contributed by atoms with Gasteiger partial charge in [0.2, 0.25) is 0 Å². The second-order valence-corrected chi connectivity index (χ2v) is 8.89. The van der Waals surface area contributed by atoms with E-state index in [0.29, 0.717) is 17.0 Å². The van der Waals surface area contributed by atoms with Crippen molar-refractivity contribution in [3.8, 4) is 0 Å². The zero-order valence-corrected chi connectivity index (χ0v) is 15.6. The van der Waals surface area contributed by atoms with Gasteiger partial charge in [-0.3, -0.25) is 4.79 Å². The molecule has 4 aliphatic rings. The lowest BCUT2D eigenvalue weighted by Gasteiger charge is -2.57. The number of esters is 1. The lowest BCUT2D eigenvalue weighted by Crippen LogP contribution is -2.61. The highest BCUT2D eigenvalue weighted by atomic mass is 32.1. The average Bonchev–Trinajstić information content (AvgIpc) is 3.01. The Morgan fingerprint density at radius 2 is 1.84 bits per heavy atom. The van der Waals surface area contributed by atoms with E-state index in [1.54, 1.807) is 6.92 Å². The Morgan fingerprint density at radius 1 is 1.24 bits per heavy atom. The summed E-state index contributed by atoms with van der Waals surface area (Å²) >= 11 is 1.02. The van der Waals surface area contributed by atoms with E-state index in [-0.39, 0.29) is 11.4 Å². The van der Waals surface area contributed by atoms with Crippen LogP contribution < -0.4 is 5.32 Å². The van der Waals surface area contributed by atoms with Crippen molar-refractivity contribution in [3.05, 3.63) is 10.6 Å². The van der Waals surface area contributed by atoms with Crippen molar-refractivity contribution in [3.63, 3.8) is 0 Å². The Labute approximate surface area is 151 Å². The minimum Gasteiger partial charge on any atom is -0.448 e. The van der Waals surface area contributed by atoms with Gasteiger partial charge < -0.3 is 10.1 Å². The van der Waals surface area contributed by atoms with Crippen LogP contribution in [0.1, 0.15) is 67.7 Å². The summed E-state index contributed by atoms with van der Waals surface area (Å²) in [5, 5.41) is 7.18. The maximum absolute atomic E-state index is 12.7. The van der Waals surface area contributed by atoms with Gasteiger partial charge in [-0.05, 0) is 81.2 Å². The Bertz CT molecular complexity index is 652. The summed E-state index contributed by atoms with van der Waals surface area (Å²) in [6.07, 6.45) is 7.08. The molecule has 1 N–H and O–H groups in total. The molecule has 1 aromatic rings. The minimum absolute atomic E-state index is 0.0624. The number of amides is 1. The van der Waals surface area contributed by atoms with Crippen molar-refractivity contribution in [2.45, 2.75) is 70.4 Å². The molecule has 4 bridgehead atoms. The summed E-state index contributed by atoms with van der Waals surface area (Å²) in [5.74, 6) is 1.62. The quantitative estimate of drug-likeness (QED) is 0.814. The Balaban J connectivity index is 1.39. The first-order chi connectivity index (χ1) is 12.0. The number of nitrogens with zero attached hydrogens (tertiary/aromatic N) is 2. The fraction of sp³-hybridized carbons (Fsp3) is 0.778. The molecule has 4 saturated carbocycles. The van der Waals surface area contributed by atoms with Gasteiger partial charge in [-0.1, -0.05) is 11.4 Å². The van der Waals surface area contributed by atoms with Crippen molar-refractivity contribution in [1.29, 1.82) is 0 Å². The first kappa shape index (κ1) is 16.9. The maximum Gasteiger partial charge on any atom is 0.352 e. The van der Waals surface area contributed by atoms with Crippen LogP contribution in [-0.4, -0.2) is 33.1 Å². The molecule has 25 heavy (non-hydrogen) atoms. The van der Waals surface area contributed by atoms with Gasteiger partial charge in [0, 0.05) is 5.54 Å². The summed E-state index contributed by atoms with van der Waals surface area (Å²) < 4.78 is 9.20. The number of carbonyl (C=O) groups excluding carboxylic acids is 2. The summed E-state index contributed by atoms with van der Waals surface area (Å²) in [7, 11) is 0. The summed E-state index contributed by atoms with van der Waals surface area (Å²) in [6, 6.07) is 0. The van der Waals surface area contributed by atoms with Gasteiger partial charge in [-0.15, -0.1) is 5.10 Å². The van der Waals surface area contributed by atoms with Crippen molar-refractivity contribution >= 4 is 23.4 Å². The third-order valence-corrected chi connectivity index (χ3v) is 6.90. The average molecular weight is 363 g/mol. The smallest absolute Gasteiger partial charge is 0.352 e. The highest BCUT2D eigenvalue weighted by Gasteiger charge is 2.51. The van der Waals surface area contributed by atoms with Crippen LogP contribution in [0.15, 0.2) is 0 Å². The molecule has 1 heterocycles. The summed E-state index contributed by atoms with van der Waals surface area (Å²) in [6.45, 7) is 3.56. The fourth-order valence-corrected chi connectivity index (χ4v) is 6.12. The molecule has 7 heteroatoms. The van der Waals surface area contributed by atoms with Crippen molar-refractivity contribution < 1.29 is 14.3 Å². The van der Waals surface area contributed by atoms with E-state index in [0.717, 1.165) is 48.5 Å². The molecule has 1 amide bonds. The van der Waals surface area contributed by atoms with Crippen LogP contribution in [0.4, 0.5) is 0 Å². The normalized spacial score (nSPS) is 33.9. The number of rotatable bonds is 5. The van der Waals surface area contributed by atoms with Crippen LogP contribution in [0.5, 0.6) is 0 Å². The molecular formula is C18H25N3O3S. The van der Waals surface area contributed by atoms with Gasteiger partial charge in [-0.2, -0.15) is 0 Å². The molecule has 0 saturated heterocycles. The number of ether oxygens (including phenoxy) is 1. The van der Waals surface area contributed by atoms with Crippen LogP contribution in [0.3, 0.4) is 0 Å². The molecule has 4 fully saturated rings. The van der Waals surface area contributed by atoms with Crippen LogP contribution in [0.2, 0.25) is 0 Å². The topological polar surface area (TPSA) is 81.2 Å².